The SMILES string of the molecule is CC(C)c1ccc(CN(C)C(C)(C)CN)cc1. The van der Waals surface area contributed by atoms with E-state index in [1.807, 2.05) is 0 Å². The Morgan fingerprint density at radius 3 is 2.12 bits per heavy atom. The lowest BCUT2D eigenvalue weighted by molar-refractivity contribution is 0.156. The van der Waals surface area contributed by atoms with Crippen LogP contribution in [0, 0.1) is 0 Å². The molecule has 2 N–H and O–H groups in total. The molecule has 0 aromatic heterocycles. The molecule has 0 atom stereocenters. The van der Waals surface area contributed by atoms with Crippen LogP contribution in [-0.4, -0.2) is 24.0 Å². The largest absolute Gasteiger partial charge is 0.329 e. The number of rotatable bonds is 5. The maximum Gasteiger partial charge on any atom is 0.0275 e. The summed E-state index contributed by atoms with van der Waals surface area (Å²) >= 11 is 0. The van der Waals surface area contributed by atoms with Crippen molar-refractivity contribution in [3.05, 3.63) is 35.4 Å². The molecule has 2 heteroatoms. The predicted octanol–water partition coefficient (Wildman–Crippen LogP) is 2.98. The van der Waals surface area contributed by atoms with Gasteiger partial charge in [0.1, 0.15) is 0 Å². The van der Waals surface area contributed by atoms with E-state index in [2.05, 4.69) is 63.9 Å². The van der Waals surface area contributed by atoms with Gasteiger partial charge in [-0.15, -0.1) is 0 Å². The van der Waals surface area contributed by atoms with E-state index in [-0.39, 0.29) is 5.54 Å². The average molecular weight is 234 g/mol. The normalized spacial score (nSPS) is 12.5. The minimum absolute atomic E-state index is 0.0523. The van der Waals surface area contributed by atoms with Crippen LogP contribution in [0.4, 0.5) is 0 Å². The second-order valence-electron chi connectivity index (χ2n) is 5.77. The highest BCUT2D eigenvalue weighted by molar-refractivity contribution is 5.24. The third kappa shape index (κ3) is 3.83. The summed E-state index contributed by atoms with van der Waals surface area (Å²) < 4.78 is 0. The van der Waals surface area contributed by atoms with Crippen molar-refractivity contribution in [1.29, 1.82) is 0 Å². The zero-order valence-electron chi connectivity index (χ0n) is 11.8. The number of hydrogen-bond acceptors (Lipinski definition) is 2. The summed E-state index contributed by atoms with van der Waals surface area (Å²) in [5.74, 6) is 0.599. The van der Waals surface area contributed by atoms with Crippen molar-refractivity contribution in [2.24, 2.45) is 5.73 Å². The minimum Gasteiger partial charge on any atom is -0.329 e. The van der Waals surface area contributed by atoms with E-state index >= 15 is 0 Å². The average Bonchev–Trinajstić information content (AvgIpc) is 2.29. The Hall–Kier alpha value is -0.860. The molecule has 0 aliphatic carbocycles. The molecular weight excluding hydrogens is 208 g/mol. The van der Waals surface area contributed by atoms with Crippen molar-refractivity contribution in [3.63, 3.8) is 0 Å². The van der Waals surface area contributed by atoms with E-state index in [9.17, 15) is 0 Å². The molecule has 96 valence electrons. The van der Waals surface area contributed by atoms with Gasteiger partial charge in [0.05, 0.1) is 0 Å². The van der Waals surface area contributed by atoms with E-state index in [0.29, 0.717) is 12.5 Å². The lowest BCUT2D eigenvalue weighted by Gasteiger charge is -2.34. The van der Waals surface area contributed by atoms with Crippen LogP contribution in [0.1, 0.15) is 44.7 Å². The van der Waals surface area contributed by atoms with E-state index < -0.39 is 0 Å². The van der Waals surface area contributed by atoms with Crippen molar-refractivity contribution in [2.45, 2.75) is 45.7 Å². The van der Waals surface area contributed by atoms with Crippen LogP contribution in [0.25, 0.3) is 0 Å². The molecular formula is C15H26N2. The first-order valence-electron chi connectivity index (χ1n) is 6.37. The van der Waals surface area contributed by atoms with Gasteiger partial charge >= 0.3 is 0 Å². The second kappa shape index (κ2) is 5.65. The highest BCUT2D eigenvalue weighted by atomic mass is 15.2. The van der Waals surface area contributed by atoms with Crippen molar-refractivity contribution in [2.75, 3.05) is 13.6 Å². The maximum atomic E-state index is 5.78. The van der Waals surface area contributed by atoms with Crippen LogP contribution < -0.4 is 5.73 Å². The molecule has 0 heterocycles. The number of nitrogens with zero attached hydrogens (tertiary/aromatic N) is 1. The highest BCUT2D eigenvalue weighted by Gasteiger charge is 2.21. The van der Waals surface area contributed by atoms with E-state index in [1.54, 1.807) is 0 Å². The summed E-state index contributed by atoms with van der Waals surface area (Å²) in [5.41, 5.74) is 8.58. The topological polar surface area (TPSA) is 29.3 Å². The second-order valence-corrected chi connectivity index (χ2v) is 5.77. The Balaban J connectivity index is 2.69. The molecule has 1 aromatic carbocycles. The molecule has 0 spiro atoms. The quantitative estimate of drug-likeness (QED) is 0.848. The Labute approximate surface area is 106 Å². The third-order valence-corrected chi connectivity index (χ3v) is 3.60. The van der Waals surface area contributed by atoms with E-state index in [0.717, 1.165) is 6.54 Å². The van der Waals surface area contributed by atoms with Crippen LogP contribution in [0.5, 0.6) is 0 Å². The van der Waals surface area contributed by atoms with Gasteiger partial charge in [-0.3, -0.25) is 4.90 Å². The number of likely N-dealkylation sites (N-methyl/N-ethyl adjacent to an activating group) is 1. The van der Waals surface area contributed by atoms with Crippen LogP contribution >= 0.6 is 0 Å². The van der Waals surface area contributed by atoms with E-state index in [1.165, 1.54) is 11.1 Å². The van der Waals surface area contributed by atoms with Gasteiger partial charge in [-0.1, -0.05) is 38.1 Å². The summed E-state index contributed by atoms with van der Waals surface area (Å²) in [6.07, 6.45) is 0. The van der Waals surface area contributed by atoms with Gasteiger partial charge in [-0.05, 0) is 37.9 Å². The zero-order chi connectivity index (χ0) is 13.1. The summed E-state index contributed by atoms with van der Waals surface area (Å²) in [4.78, 5) is 2.30. The Kier molecular flexibility index (Phi) is 4.72. The molecule has 0 bridgehead atoms. The predicted molar refractivity (Wildman–Crippen MR) is 75.1 cm³/mol. The zero-order valence-corrected chi connectivity index (χ0v) is 11.8. The Bertz CT molecular complexity index is 338. The number of hydrogen-bond donors (Lipinski definition) is 1. The summed E-state index contributed by atoms with van der Waals surface area (Å²) in [6, 6.07) is 8.89. The molecule has 0 unspecified atom stereocenters. The molecule has 0 aliphatic rings. The standard InChI is InChI=1S/C15H26N2/c1-12(2)14-8-6-13(7-9-14)10-17(5)15(3,4)11-16/h6-9,12H,10-11,16H2,1-5H3. The lowest BCUT2D eigenvalue weighted by Crippen LogP contribution is -2.46. The van der Waals surface area contributed by atoms with E-state index in [4.69, 9.17) is 5.73 Å². The van der Waals surface area contributed by atoms with Gasteiger partial charge in [0.25, 0.3) is 0 Å². The summed E-state index contributed by atoms with van der Waals surface area (Å²) in [6.45, 7) is 10.4. The van der Waals surface area contributed by atoms with Crippen molar-refractivity contribution >= 4 is 0 Å². The van der Waals surface area contributed by atoms with Gasteiger partial charge in [0.2, 0.25) is 0 Å². The molecule has 17 heavy (non-hydrogen) atoms. The summed E-state index contributed by atoms with van der Waals surface area (Å²) in [5, 5.41) is 0. The molecule has 0 saturated carbocycles. The molecule has 2 nitrogen and oxygen atoms in total. The van der Waals surface area contributed by atoms with Crippen molar-refractivity contribution in [3.8, 4) is 0 Å². The molecule has 1 aromatic rings. The Morgan fingerprint density at radius 1 is 1.18 bits per heavy atom. The molecule has 0 radical (unpaired) electrons. The fourth-order valence-electron chi connectivity index (χ4n) is 1.65. The van der Waals surface area contributed by atoms with Gasteiger partial charge in [0.15, 0.2) is 0 Å². The lowest BCUT2D eigenvalue weighted by atomic mass is 10.00. The van der Waals surface area contributed by atoms with Crippen LogP contribution in [0.2, 0.25) is 0 Å². The van der Waals surface area contributed by atoms with Crippen molar-refractivity contribution < 1.29 is 0 Å². The molecule has 0 amide bonds. The fourth-order valence-corrected chi connectivity index (χ4v) is 1.65. The van der Waals surface area contributed by atoms with Crippen LogP contribution in [0.15, 0.2) is 24.3 Å². The Morgan fingerprint density at radius 2 is 1.71 bits per heavy atom. The van der Waals surface area contributed by atoms with Gasteiger partial charge in [0, 0.05) is 18.6 Å². The number of nitrogens with two attached hydrogens (primary N) is 1. The summed E-state index contributed by atoms with van der Waals surface area (Å²) in [7, 11) is 2.13. The van der Waals surface area contributed by atoms with Crippen molar-refractivity contribution in [1.82, 2.24) is 4.90 Å². The van der Waals surface area contributed by atoms with Gasteiger partial charge in [-0.2, -0.15) is 0 Å². The van der Waals surface area contributed by atoms with Gasteiger partial charge < -0.3 is 5.73 Å². The first-order chi connectivity index (χ1) is 7.86. The van der Waals surface area contributed by atoms with Crippen LogP contribution in [-0.2, 0) is 6.54 Å². The molecule has 0 saturated heterocycles. The monoisotopic (exact) mass is 234 g/mol. The molecule has 1 rings (SSSR count). The first-order valence-corrected chi connectivity index (χ1v) is 6.37. The molecule has 0 fully saturated rings. The first kappa shape index (κ1) is 14.2. The smallest absolute Gasteiger partial charge is 0.0275 e. The van der Waals surface area contributed by atoms with Crippen LogP contribution in [0.3, 0.4) is 0 Å². The third-order valence-electron chi connectivity index (χ3n) is 3.60. The molecule has 0 aliphatic heterocycles. The minimum atomic E-state index is 0.0523. The highest BCUT2D eigenvalue weighted by Crippen LogP contribution is 2.18. The maximum absolute atomic E-state index is 5.78. The number of benzene rings is 1. The fraction of sp³-hybridized carbons (Fsp3) is 0.600. The van der Waals surface area contributed by atoms with Gasteiger partial charge in [-0.25, -0.2) is 0 Å².